The first-order valence-corrected chi connectivity index (χ1v) is 11.2. The minimum atomic E-state index is -0.688. The van der Waals surface area contributed by atoms with Gasteiger partial charge in [0.15, 0.2) is 0 Å². The van der Waals surface area contributed by atoms with Crippen LogP contribution < -0.4 is 16.0 Å². The molecule has 3 unspecified atom stereocenters. The van der Waals surface area contributed by atoms with Crippen molar-refractivity contribution in [3.8, 4) is 12.1 Å². The molecular weight excluding hydrogens is 408 g/mol. The van der Waals surface area contributed by atoms with Crippen LogP contribution in [0, 0.1) is 22.7 Å². The first kappa shape index (κ1) is 22.6. The van der Waals surface area contributed by atoms with E-state index < -0.39 is 11.2 Å². The van der Waals surface area contributed by atoms with Crippen LogP contribution in [-0.4, -0.2) is 36.1 Å². The Labute approximate surface area is 187 Å². The molecule has 7 nitrogen and oxygen atoms in total. The Hall–Kier alpha value is -3.07. The van der Waals surface area contributed by atoms with Gasteiger partial charge in [-0.25, -0.2) is 4.98 Å². The Bertz CT molecular complexity index is 1030. The van der Waals surface area contributed by atoms with Gasteiger partial charge in [-0.2, -0.15) is 10.5 Å². The van der Waals surface area contributed by atoms with Crippen molar-refractivity contribution >= 4 is 23.5 Å². The van der Waals surface area contributed by atoms with Gasteiger partial charge in [0.1, 0.15) is 28.2 Å². The molecule has 0 bridgehead atoms. The SMILES string of the molecule is CCc1c(C#N)c(SC(C(N)=O)c2ccccc2)nc(N2CC(C)NC(C)C2)c1C#N. The summed E-state index contributed by atoms with van der Waals surface area (Å²) in [6, 6.07) is 14.2. The molecule has 0 saturated carbocycles. The number of hydrogen-bond donors (Lipinski definition) is 2. The Morgan fingerprint density at radius 1 is 1.23 bits per heavy atom. The molecule has 3 N–H and O–H groups in total. The number of primary amides is 1. The monoisotopic (exact) mass is 434 g/mol. The quantitative estimate of drug-likeness (QED) is 0.671. The standard InChI is InChI=1S/C23H26N6OS/c1-4-17-18(10-24)22(29-12-14(2)27-15(3)13-29)28-23(19(17)11-25)31-20(21(26)30)16-8-6-5-7-9-16/h5-9,14-15,20,27H,4,12-13H2,1-3H3,(H2,26,30). The van der Waals surface area contributed by atoms with Gasteiger partial charge in [0, 0.05) is 25.2 Å². The molecule has 0 spiro atoms. The fourth-order valence-corrected chi connectivity index (χ4v) is 5.09. The molecular formula is C23H26N6OS. The third-order valence-corrected chi connectivity index (χ3v) is 6.53. The molecule has 1 saturated heterocycles. The highest BCUT2D eigenvalue weighted by Crippen LogP contribution is 2.39. The number of hydrogen-bond acceptors (Lipinski definition) is 7. The molecule has 1 aromatic heterocycles. The van der Waals surface area contributed by atoms with Crippen LogP contribution in [0.15, 0.2) is 35.4 Å². The number of nitrogens with one attached hydrogen (secondary N) is 1. The number of piperazine rings is 1. The Balaban J connectivity index is 2.14. The van der Waals surface area contributed by atoms with Gasteiger partial charge >= 0.3 is 0 Å². The minimum absolute atomic E-state index is 0.233. The highest BCUT2D eigenvalue weighted by Gasteiger charge is 2.29. The number of anilines is 1. The van der Waals surface area contributed by atoms with Gasteiger partial charge in [0.2, 0.25) is 5.91 Å². The van der Waals surface area contributed by atoms with Gasteiger partial charge in [-0.3, -0.25) is 4.79 Å². The Morgan fingerprint density at radius 3 is 2.35 bits per heavy atom. The summed E-state index contributed by atoms with van der Waals surface area (Å²) < 4.78 is 0. The highest BCUT2D eigenvalue weighted by molar-refractivity contribution is 8.00. The van der Waals surface area contributed by atoms with E-state index in [1.54, 1.807) is 0 Å². The highest BCUT2D eigenvalue weighted by atomic mass is 32.2. The second-order valence-corrected chi connectivity index (χ2v) is 8.82. The van der Waals surface area contributed by atoms with Crippen molar-refractivity contribution in [1.82, 2.24) is 10.3 Å². The molecule has 1 fully saturated rings. The van der Waals surface area contributed by atoms with E-state index in [9.17, 15) is 15.3 Å². The average Bonchev–Trinajstić information content (AvgIpc) is 2.75. The van der Waals surface area contributed by atoms with Gasteiger partial charge in [0.05, 0.1) is 11.1 Å². The second kappa shape index (κ2) is 9.82. The van der Waals surface area contributed by atoms with Crippen molar-refractivity contribution in [2.45, 2.75) is 49.6 Å². The summed E-state index contributed by atoms with van der Waals surface area (Å²) in [6.07, 6.45) is 0.513. The molecule has 160 valence electrons. The maximum atomic E-state index is 12.3. The van der Waals surface area contributed by atoms with Gasteiger partial charge < -0.3 is 16.0 Å². The first-order chi connectivity index (χ1) is 14.9. The zero-order valence-corrected chi connectivity index (χ0v) is 18.7. The van der Waals surface area contributed by atoms with Crippen LogP contribution in [0.25, 0.3) is 0 Å². The van der Waals surface area contributed by atoms with E-state index in [0.29, 0.717) is 47.0 Å². The van der Waals surface area contributed by atoms with Gasteiger partial charge in [-0.05, 0) is 31.4 Å². The van der Waals surface area contributed by atoms with Crippen LogP contribution in [0.5, 0.6) is 0 Å². The van der Waals surface area contributed by atoms with Crippen LogP contribution in [-0.2, 0) is 11.2 Å². The number of amides is 1. The Kier molecular flexibility index (Phi) is 7.17. The van der Waals surface area contributed by atoms with E-state index in [0.717, 1.165) is 5.56 Å². The van der Waals surface area contributed by atoms with Crippen molar-refractivity contribution in [1.29, 1.82) is 10.5 Å². The van der Waals surface area contributed by atoms with Crippen LogP contribution >= 0.6 is 11.8 Å². The minimum Gasteiger partial charge on any atom is -0.368 e. The molecule has 1 aromatic carbocycles. The average molecular weight is 435 g/mol. The summed E-state index contributed by atoms with van der Waals surface area (Å²) in [4.78, 5) is 19.1. The largest absolute Gasteiger partial charge is 0.368 e. The fourth-order valence-electron chi connectivity index (χ4n) is 4.03. The molecule has 1 aliphatic heterocycles. The van der Waals surface area contributed by atoms with Crippen LogP contribution in [0.3, 0.4) is 0 Å². The van der Waals surface area contributed by atoms with E-state index in [2.05, 4.69) is 36.2 Å². The van der Waals surface area contributed by atoms with Crippen molar-refractivity contribution in [3.05, 3.63) is 52.6 Å². The van der Waals surface area contributed by atoms with Crippen molar-refractivity contribution in [3.63, 3.8) is 0 Å². The molecule has 1 aliphatic rings. The number of nitrogens with two attached hydrogens (primary N) is 1. The predicted octanol–water partition coefficient (Wildman–Crippen LogP) is 2.89. The molecule has 2 heterocycles. The number of nitrogens with zero attached hydrogens (tertiary/aromatic N) is 4. The van der Waals surface area contributed by atoms with Crippen molar-refractivity contribution < 1.29 is 4.79 Å². The van der Waals surface area contributed by atoms with E-state index in [-0.39, 0.29) is 12.1 Å². The lowest BCUT2D eigenvalue weighted by Gasteiger charge is -2.37. The van der Waals surface area contributed by atoms with Crippen LogP contribution in [0.4, 0.5) is 5.82 Å². The summed E-state index contributed by atoms with van der Waals surface area (Å²) >= 11 is 1.17. The molecule has 3 atom stereocenters. The smallest absolute Gasteiger partial charge is 0.235 e. The molecule has 8 heteroatoms. The van der Waals surface area contributed by atoms with Gasteiger partial charge in [0.25, 0.3) is 0 Å². The lowest BCUT2D eigenvalue weighted by molar-refractivity contribution is -0.117. The zero-order valence-electron chi connectivity index (χ0n) is 17.9. The fraction of sp³-hybridized carbons (Fsp3) is 0.391. The lowest BCUT2D eigenvalue weighted by Crippen LogP contribution is -2.54. The number of carbonyl (C=O) groups excluding carboxylic acids is 1. The third kappa shape index (κ3) is 4.82. The predicted molar refractivity (Wildman–Crippen MR) is 122 cm³/mol. The maximum absolute atomic E-state index is 12.3. The van der Waals surface area contributed by atoms with E-state index in [4.69, 9.17) is 10.7 Å². The van der Waals surface area contributed by atoms with Crippen molar-refractivity contribution in [2.24, 2.45) is 5.73 Å². The van der Waals surface area contributed by atoms with Crippen LogP contribution in [0.1, 0.15) is 48.3 Å². The first-order valence-electron chi connectivity index (χ1n) is 10.3. The molecule has 3 rings (SSSR count). The number of nitriles is 2. The van der Waals surface area contributed by atoms with E-state index in [1.807, 2.05) is 37.3 Å². The number of rotatable bonds is 6. The second-order valence-electron chi connectivity index (χ2n) is 7.73. The molecule has 0 aliphatic carbocycles. The normalized spacial score (nSPS) is 19.3. The van der Waals surface area contributed by atoms with Crippen LogP contribution in [0.2, 0.25) is 0 Å². The lowest BCUT2D eigenvalue weighted by atomic mass is 10.0. The number of thioether (sulfide) groups is 1. The number of pyridine rings is 1. The molecule has 2 aromatic rings. The maximum Gasteiger partial charge on any atom is 0.235 e. The summed E-state index contributed by atoms with van der Waals surface area (Å²) in [7, 11) is 0. The zero-order chi connectivity index (χ0) is 22.5. The topological polar surface area (TPSA) is 119 Å². The van der Waals surface area contributed by atoms with E-state index in [1.165, 1.54) is 11.8 Å². The van der Waals surface area contributed by atoms with E-state index >= 15 is 0 Å². The van der Waals surface area contributed by atoms with Gasteiger partial charge in [-0.1, -0.05) is 49.0 Å². The molecule has 0 radical (unpaired) electrons. The number of aromatic nitrogens is 1. The molecule has 1 amide bonds. The summed E-state index contributed by atoms with van der Waals surface area (Å²) in [5.74, 6) is 0.0626. The number of carbonyl (C=O) groups is 1. The molecule has 31 heavy (non-hydrogen) atoms. The third-order valence-electron chi connectivity index (χ3n) is 5.27. The summed E-state index contributed by atoms with van der Waals surface area (Å²) in [6.45, 7) is 7.49. The van der Waals surface area contributed by atoms with Gasteiger partial charge in [-0.15, -0.1) is 0 Å². The van der Waals surface area contributed by atoms with Crippen molar-refractivity contribution in [2.75, 3.05) is 18.0 Å². The number of benzene rings is 1. The summed E-state index contributed by atoms with van der Waals surface area (Å²) in [5.41, 5.74) is 7.89. The Morgan fingerprint density at radius 2 is 1.84 bits per heavy atom. The summed E-state index contributed by atoms with van der Waals surface area (Å²) in [5, 5.41) is 23.1.